The summed E-state index contributed by atoms with van der Waals surface area (Å²) in [5, 5.41) is 1.51. The van der Waals surface area contributed by atoms with Gasteiger partial charge in [0.1, 0.15) is 5.25 Å². The minimum Gasteiger partial charge on any atom is -0.355 e. The van der Waals surface area contributed by atoms with E-state index in [1.165, 1.54) is 0 Å². The van der Waals surface area contributed by atoms with Gasteiger partial charge in [-0.3, -0.25) is 4.79 Å². The van der Waals surface area contributed by atoms with Crippen molar-refractivity contribution < 1.29 is 13.2 Å². The SMILES string of the molecule is CC(C)C(C(=O)NCCCCN)S(=O)(=O)C1CCCCC1.Cl. The van der Waals surface area contributed by atoms with Crippen LogP contribution in [-0.4, -0.2) is 37.9 Å². The first-order valence-corrected chi connectivity index (χ1v) is 9.72. The van der Waals surface area contributed by atoms with Crippen molar-refractivity contribution in [1.82, 2.24) is 5.32 Å². The second kappa shape index (κ2) is 10.4. The number of sulfone groups is 1. The zero-order chi connectivity index (χ0) is 15.9. The monoisotopic (exact) mass is 354 g/mol. The van der Waals surface area contributed by atoms with Crippen LogP contribution < -0.4 is 11.1 Å². The average Bonchev–Trinajstić information content (AvgIpc) is 2.44. The van der Waals surface area contributed by atoms with Gasteiger partial charge in [-0.05, 0) is 38.1 Å². The van der Waals surface area contributed by atoms with Gasteiger partial charge >= 0.3 is 0 Å². The van der Waals surface area contributed by atoms with Crippen LogP contribution in [0.1, 0.15) is 58.8 Å². The van der Waals surface area contributed by atoms with E-state index in [9.17, 15) is 13.2 Å². The van der Waals surface area contributed by atoms with Crippen molar-refractivity contribution in [2.45, 2.75) is 69.3 Å². The maximum absolute atomic E-state index is 12.8. The smallest absolute Gasteiger partial charge is 0.238 e. The number of nitrogens with two attached hydrogens (primary N) is 1. The van der Waals surface area contributed by atoms with Crippen molar-refractivity contribution in [2.75, 3.05) is 13.1 Å². The fraction of sp³-hybridized carbons (Fsp3) is 0.933. The molecule has 7 heteroatoms. The zero-order valence-electron chi connectivity index (χ0n) is 13.7. The highest BCUT2D eigenvalue weighted by molar-refractivity contribution is 7.93. The van der Waals surface area contributed by atoms with Gasteiger partial charge in [0, 0.05) is 6.54 Å². The highest BCUT2D eigenvalue weighted by Gasteiger charge is 2.40. The van der Waals surface area contributed by atoms with Crippen LogP contribution in [0.2, 0.25) is 0 Å². The first-order chi connectivity index (χ1) is 9.91. The Morgan fingerprint density at radius 2 is 1.77 bits per heavy atom. The Morgan fingerprint density at radius 1 is 1.18 bits per heavy atom. The molecular weight excluding hydrogens is 324 g/mol. The Kier molecular flexibility index (Phi) is 10.3. The molecule has 0 aromatic rings. The van der Waals surface area contributed by atoms with E-state index in [1.807, 2.05) is 13.8 Å². The third-order valence-electron chi connectivity index (χ3n) is 4.16. The molecule has 0 aromatic carbocycles. The molecule has 132 valence electrons. The number of carbonyl (C=O) groups excluding carboxylic acids is 1. The van der Waals surface area contributed by atoms with Gasteiger partial charge < -0.3 is 11.1 Å². The minimum atomic E-state index is -3.40. The van der Waals surface area contributed by atoms with E-state index in [4.69, 9.17) is 5.73 Å². The Labute approximate surface area is 141 Å². The van der Waals surface area contributed by atoms with Gasteiger partial charge in [-0.2, -0.15) is 0 Å². The highest BCUT2D eigenvalue weighted by atomic mass is 35.5. The van der Waals surface area contributed by atoms with Crippen LogP contribution in [0, 0.1) is 5.92 Å². The molecular formula is C15H31ClN2O3S. The molecule has 1 atom stereocenters. The van der Waals surface area contributed by atoms with E-state index in [0.29, 0.717) is 25.9 Å². The molecule has 1 rings (SSSR count). The van der Waals surface area contributed by atoms with E-state index in [2.05, 4.69) is 5.32 Å². The van der Waals surface area contributed by atoms with Crippen LogP contribution >= 0.6 is 12.4 Å². The van der Waals surface area contributed by atoms with Crippen LogP contribution in [0.15, 0.2) is 0 Å². The third kappa shape index (κ3) is 6.05. The van der Waals surface area contributed by atoms with Crippen LogP contribution in [0.3, 0.4) is 0 Å². The fourth-order valence-corrected chi connectivity index (χ4v) is 5.56. The first kappa shape index (κ1) is 21.7. The maximum atomic E-state index is 12.8. The molecule has 0 spiro atoms. The Morgan fingerprint density at radius 3 is 2.27 bits per heavy atom. The minimum absolute atomic E-state index is 0. The molecule has 1 aliphatic rings. The summed E-state index contributed by atoms with van der Waals surface area (Å²) in [7, 11) is -3.40. The third-order valence-corrected chi connectivity index (χ3v) is 7.03. The Bertz CT molecular complexity index is 421. The predicted octanol–water partition coefficient (Wildman–Crippen LogP) is 2.04. The summed E-state index contributed by atoms with van der Waals surface area (Å²) in [5.74, 6) is -0.543. The predicted molar refractivity (Wildman–Crippen MR) is 93.0 cm³/mol. The lowest BCUT2D eigenvalue weighted by Crippen LogP contribution is -2.47. The molecule has 3 N–H and O–H groups in total. The number of amides is 1. The molecule has 1 amide bonds. The number of hydrogen-bond donors (Lipinski definition) is 2. The van der Waals surface area contributed by atoms with E-state index >= 15 is 0 Å². The largest absolute Gasteiger partial charge is 0.355 e. The van der Waals surface area contributed by atoms with Gasteiger partial charge in [-0.25, -0.2) is 8.42 Å². The topological polar surface area (TPSA) is 89.3 Å². The summed E-state index contributed by atoms with van der Waals surface area (Å²) in [5.41, 5.74) is 5.41. The lowest BCUT2D eigenvalue weighted by molar-refractivity contribution is -0.121. The molecule has 0 bridgehead atoms. The van der Waals surface area contributed by atoms with Gasteiger partial charge in [0.25, 0.3) is 0 Å². The van der Waals surface area contributed by atoms with E-state index in [1.54, 1.807) is 0 Å². The molecule has 0 aliphatic heterocycles. The molecule has 0 heterocycles. The second-order valence-electron chi connectivity index (χ2n) is 6.30. The maximum Gasteiger partial charge on any atom is 0.238 e. The van der Waals surface area contributed by atoms with Crippen LogP contribution in [0.25, 0.3) is 0 Å². The van der Waals surface area contributed by atoms with Gasteiger partial charge in [0.2, 0.25) is 5.91 Å². The Hall–Kier alpha value is -0.330. The van der Waals surface area contributed by atoms with Gasteiger partial charge in [-0.1, -0.05) is 33.1 Å². The Balaban J connectivity index is 0.00000441. The number of unbranched alkanes of at least 4 members (excludes halogenated alkanes) is 1. The standard InChI is InChI=1S/C15H30N2O3S.ClH/c1-12(2)14(15(18)17-11-7-6-10-16)21(19,20)13-8-4-3-5-9-13;/h12-14H,3-11,16H2,1-2H3,(H,17,18);1H. The average molecular weight is 355 g/mol. The second-order valence-corrected chi connectivity index (χ2v) is 8.65. The van der Waals surface area contributed by atoms with E-state index in [0.717, 1.165) is 32.1 Å². The van der Waals surface area contributed by atoms with Crippen molar-refractivity contribution in [2.24, 2.45) is 11.7 Å². The van der Waals surface area contributed by atoms with Crippen LogP contribution in [0.5, 0.6) is 0 Å². The van der Waals surface area contributed by atoms with Crippen LogP contribution in [0.4, 0.5) is 0 Å². The molecule has 1 fully saturated rings. The zero-order valence-corrected chi connectivity index (χ0v) is 15.3. The summed E-state index contributed by atoms with van der Waals surface area (Å²) < 4.78 is 25.6. The number of nitrogens with one attached hydrogen (secondary N) is 1. The van der Waals surface area contributed by atoms with Crippen molar-refractivity contribution in [3.63, 3.8) is 0 Å². The number of carbonyl (C=O) groups is 1. The number of hydrogen-bond acceptors (Lipinski definition) is 4. The van der Waals surface area contributed by atoms with Crippen molar-refractivity contribution in [1.29, 1.82) is 0 Å². The molecule has 0 radical (unpaired) electrons. The number of halogens is 1. The molecule has 0 aromatic heterocycles. The van der Waals surface area contributed by atoms with E-state index in [-0.39, 0.29) is 29.5 Å². The summed E-state index contributed by atoms with van der Waals surface area (Å²) in [6.07, 6.45) is 6.03. The quantitative estimate of drug-likeness (QED) is 0.653. The lowest BCUT2D eigenvalue weighted by Gasteiger charge is -2.28. The molecule has 5 nitrogen and oxygen atoms in total. The highest BCUT2D eigenvalue weighted by Crippen LogP contribution is 2.29. The van der Waals surface area contributed by atoms with Crippen molar-refractivity contribution >= 4 is 28.2 Å². The van der Waals surface area contributed by atoms with E-state index < -0.39 is 15.1 Å². The molecule has 1 aliphatic carbocycles. The van der Waals surface area contributed by atoms with Gasteiger partial charge in [-0.15, -0.1) is 12.4 Å². The van der Waals surface area contributed by atoms with Crippen LogP contribution in [-0.2, 0) is 14.6 Å². The van der Waals surface area contributed by atoms with Crippen molar-refractivity contribution in [3.05, 3.63) is 0 Å². The summed E-state index contributed by atoms with van der Waals surface area (Å²) in [6, 6.07) is 0. The molecule has 0 saturated heterocycles. The first-order valence-electron chi connectivity index (χ1n) is 8.11. The summed E-state index contributed by atoms with van der Waals surface area (Å²) >= 11 is 0. The fourth-order valence-electron chi connectivity index (χ4n) is 3.01. The summed E-state index contributed by atoms with van der Waals surface area (Å²) in [6.45, 7) is 4.71. The van der Waals surface area contributed by atoms with Crippen molar-refractivity contribution in [3.8, 4) is 0 Å². The van der Waals surface area contributed by atoms with Gasteiger partial charge in [0.05, 0.1) is 5.25 Å². The molecule has 1 saturated carbocycles. The number of rotatable bonds is 8. The molecule has 1 unspecified atom stereocenters. The summed E-state index contributed by atoms with van der Waals surface area (Å²) in [4.78, 5) is 12.3. The normalized spacial score (nSPS) is 17.8. The van der Waals surface area contributed by atoms with Gasteiger partial charge in [0.15, 0.2) is 9.84 Å². The lowest BCUT2D eigenvalue weighted by atomic mass is 10.0. The molecule has 22 heavy (non-hydrogen) atoms.